The maximum absolute atomic E-state index is 11.0. The second-order valence-corrected chi connectivity index (χ2v) is 7.55. The van der Waals surface area contributed by atoms with Gasteiger partial charge in [-0.25, -0.2) is 0 Å². The van der Waals surface area contributed by atoms with Gasteiger partial charge in [0.15, 0.2) is 0 Å². The van der Waals surface area contributed by atoms with Gasteiger partial charge in [0.05, 0.1) is 99.1 Å². The smallest absolute Gasteiger partial charge is 0.317 e. The molecule has 0 aromatic heterocycles. The normalized spacial score (nSPS) is 11.3. The van der Waals surface area contributed by atoms with Crippen LogP contribution in [-0.4, -0.2) is 129 Å². The van der Waals surface area contributed by atoms with Crippen molar-refractivity contribution in [1.82, 2.24) is 0 Å². The van der Waals surface area contributed by atoms with E-state index in [9.17, 15) is 9.59 Å². The minimum absolute atomic E-state index is 0.0127. The van der Waals surface area contributed by atoms with Crippen molar-refractivity contribution in [3.8, 4) is 0 Å². The molecule has 0 rings (SSSR count). The molecule has 0 fully saturated rings. The summed E-state index contributed by atoms with van der Waals surface area (Å²) >= 11 is 0. The Labute approximate surface area is 208 Å². The largest absolute Gasteiger partial charge is 0.481 e. The zero-order chi connectivity index (χ0) is 25.8. The Kier molecular flexibility index (Phi) is 26.1. The van der Waals surface area contributed by atoms with Crippen molar-refractivity contribution < 1.29 is 57.3 Å². The number of rotatable bonds is 28. The van der Waals surface area contributed by atoms with Crippen molar-refractivity contribution >= 4 is 11.9 Å². The van der Waals surface area contributed by atoms with Gasteiger partial charge in [0.25, 0.3) is 0 Å². The Hall–Kier alpha value is -1.38. The minimum atomic E-state index is -1.22. The van der Waals surface area contributed by atoms with E-state index >= 15 is 0 Å². The van der Waals surface area contributed by atoms with Crippen molar-refractivity contribution in [3.63, 3.8) is 0 Å². The summed E-state index contributed by atoms with van der Waals surface area (Å²) in [4.78, 5) is 21.3. The van der Waals surface area contributed by atoms with E-state index < -0.39 is 18.4 Å². The lowest BCUT2D eigenvalue weighted by atomic mass is 10.2. The van der Waals surface area contributed by atoms with Crippen LogP contribution in [0.5, 0.6) is 0 Å². The van der Waals surface area contributed by atoms with E-state index in [1.807, 2.05) is 0 Å². The summed E-state index contributed by atoms with van der Waals surface area (Å²) in [5.74, 6) is -1.47. The lowest BCUT2D eigenvalue weighted by Crippen LogP contribution is -2.16. The maximum Gasteiger partial charge on any atom is 0.317 e. The molecule has 0 atom stereocenters. The van der Waals surface area contributed by atoms with E-state index in [1.165, 1.54) is 0 Å². The average molecular weight is 513 g/mol. The van der Waals surface area contributed by atoms with E-state index in [0.29, 0.717) is 98.4 Å². The van der Waals surface area contributed by atoms with Crippen molar-refractivity contribution in [1.29, 1.82) is 0 Å². The molecule has 0 amide bonds. The number of carboxylic acid groups (broad SMARTS) is 1. The Morgan fingerprint density at radius 1 is 0.514 bits per heavy atom. The minimum Gasteiger partial charge on any atom is -0.481 e. The fraction of sp³-hybridized carbons (Fsp3) is 0.913. The van der Waals surface area contributed by atoms with Gasteiger partial charge in [-0.05, 0) is 5.92 Å². The highest BCUT2D eigenvalue weighted by Gasteiger charge is 2.07. The molecule has 208 valence electrons. The van der Waals surface area contributed by atoms with Gasteiger partial charge in [0.2, 0.25) is 0 Å². The highest BCUT2D eigenvalue weighted by atomic mass is 16.6. The monoisotopic (exact) mass is 512 g/mol. The third-order valence-electron chi connectivity index (χ3n) is 3.84. The zero-order valence-electron chi connectivity index (χ0n) is 21.2. The molecule has 0 spiro atoms. The number of esters is 1. The lowest BCUT2D eigenvalue weighted by Gasteiger charge is -2.09. The SMILES string of the molecule is CC(C)COCCOCCOCCOCCOCCOCCOCCOCCOC(=O)CC(=O)O. The Morgan fingerprint density at radius 2 is 0.800 bits per heavy atom. The Balaban J connectivity index is 3.08. The van der Waals surface area contributed by atoms with E-state index in [0.717, 1.165) is 6.61 Å². The van der Waals surface area contributed by atoms with E-state index in [2.05, 4.69) is 18.6 Å². The molecule has 0 unspecified atom stereocenters. The van der Waals surface area contributed by atoms with Crippen LogP contribution in [0.4, 0.5) is 0 Å². The summed E-state index contributed by atoms with van der Waals surface area (Å²) in [5.41, 5.74) is 0. The molecule has 0 aromatic rings. The second kappa shape index (κ2) is 27.2. The van der Waals surface area contributed by atoms with Crippen LogP contribution < -0.4 is 0 Å². The summed E-state index contributed by atoms with van der Waals surface area (Å²) in [6.07, 6.45) is -0.649. The molecule has 1 N–H and O–H groups in total. The van der Waals surface area contributed by atoms with Gasteiger partial charge in [-0.2, -0.15) is 0 Å². The first-order valence-corrected chi connectivity index (χ1v) is 12.0. The van der Waals surface area contributed by atoms with Gasteiger partial charge < -0.3 is 47.7 Å². The molecular formula is C23H44O12. The first kappa shape index (κ1) is 33.6. The number of hydrogen-bond acceptors (Lipinski definition) is 11. The fourth-order valence-corrected chi connectivity index (χ4v) is 2.25. The van der Waals surface area contributed by atoms with Crippen LogP contribution in [0, 0.1) is 5.92 Å². The molecule has 12 heteroatoms. The van der Waals surface area contributed by atoms with Crippen LogP contribution in [0.25, 0.3) is 0 Å². The predicted molar refractivity (Wildman–Crippen MR) is 125 cm³/mol. The predicted octanol–water partition coefficient (Wildman–Crippen LogP) is 0.793. The molecule has 0 radical (unpaired) electrons. The molecule has 0 aliphatic heterocycles. The fourth-order valence-electron chi connectivity index (χ4n) is 2.25. The quantitative estimate of drug-likeness (QED) is 0.0901. The van der Waals surface area contributed by atoms with Crippen molar-refractivity contribution in [2.24, 2.45) is 5.92 Å². The molecule has 0 aromatic carbocycles. The zero-order valence-corrected chi connectivity index (χ0v) is 21.2. The number of aliphatic carboxylic acids is 1. The second-order valence-electron chi connectivity index (χ2n) is 7.55. The van der Waals surface area contributed by atoms with Crippen LogP contribution >= 0.6 is 0 Å². The van der Waals surface area contributed by atoms with Gasteiger partial charge in [0, 0.05) is 6.61 Å². The maximum atomic E-state index is 11.0. The number of carboxylic acids is 1. The molecule has 35 heavy (non-hydrogen) atoms. The number of hydrogen-bond donors (Lipinski definition) is 1. The van der Waals surface area contributed by atoms with Gasteiger partial charge >= 0.3 is 11.9 Å². The summed E-state index contributed by atoms with van der Waals surface area (Å²) in [6.45, 7) is 12.0. The van der Waals surface area contributed by atoms with E-state index in [1.54, 1.807) is 0 Å². The molecule has 0 bridgehead atoms. The molecule has 0 saturated heterocycles. The van der Waals surface area contributed by atoms with Crippen molar-refractivity contribution in [2.75, 3.05) is 112 Å². The highest BCUT2D eigenvalue weighted by Crippen LogP contribution is 1.92. The van der Waals surface area contributed by atoms with Crippen molar-refractivity contribution in [3.05, 3.63) is 0 Å². The summed E-state index contributed by atoms with van der Waals surface area (Å²) in [7, 11) is 0. The Bertz CT molecular complexity index is 475. The molecule has 0 aliphatic rings. The van der Waals surface area contributed by atoms with Gasteiger partial charge in [0.1, 0.15) is 13.0 Å². The lowest BCUT2D eigenvalue weighted by molar-refractivity contribution is -0.152. The first-order chi connectivity index (χ1) is 17.0. The third kappa shape index (κ3) is 30.6. The molecule has 0 saturated carbocycles. The van der Waals surface area contributed by atoms with Gasteiger partial charge in [-0.1, -0.05) is 13.8 Å². The average Bonchev–Trinajstić information content (AvgIpc) is 2.80. The van der Waals surface area contributed by atoms with E-state index in [-0.39, 0.29) is 13.2 Å². The van der Waals surface area contributed by atoms with Crippen LogP contribution in [0.15, 0.2) is 0 Å². The summed E-state index contributed by atoms with van der Waals surface area (Å²) in [6, 6.07) is 0. The molecule has 12 nitrogen and oxygen atoms in total. The van der Waals surface area contributed by atoms with Crippen LogP contribution in [0.1, 0.15) is 20.3 Å². The molecule has 0 aliphatic carbocycles. The van der Waals surface area contributed by atoms with E-state index in [4.69, 9.17) is 43.0 Å². The molecular weight excluding hydrogens is 468 g/mol. The summed E-state index contributed by atoms with van der Waals surface area (Å²) < 4.78 is 47.6. The van der Waals surface area contributed by atoms with Crippen molar-refractivity contribution in [2.45, 2.75) is 20.3 Å². The first-order valence-electron chi connectivity index (χ1n) is 12.0. The number of ether oxygens (including phenoxy) is 9. The van der Waals surface area contributed by atoms with Crippen LogP contribution in [0.2, 0.25) is 0 Å². The highest BCUT2D eigenvalue weighted by molar-refractivity contribution is 5.90. The van der Waals surface area contributed by atoms with Gasteiger partial charge in [-0.15, -0.1) is 0 Å². The van der Waals surface area contributed by atoms with Crippen LogP contribution in [-0.2, 0) is 52.2 Å². The van der Waals surface area contributed by atoms with Crippen LogP contribution in [0.3, 0.4) is 0 Å². The number of carbonyl (C=O) groups is 2. The standard InChI is InChI=1S/C23H44O12/c1-21(2)20-34-16-15-32-12-11-30-8-7-28-4-3-27-5-6-29-9-10-31-13-14-33-17-18-35-23(26)19-22(24)25/h21H,3-20H2,1-2H3,(H,24,25). The Morgan fingerprint density at radius 3 is 1.09 bits per heavy atom. The third-order valence-corrected chi connectivity index (χ3v) is 3.84. The number of carbonyl (C=O) groups excluding carboxylic acids is 1. The topological polar surface area (TPSA) is 137 Å². The van der Waals surface area contributed by atoms with Gasteiger partial charge in [-0.3, -0.25) is 9.59 Å². The summed E-state index contributed by atoms with van der Waals surface area (Å²) in [5, 5.41) is 8.41. The molecule has 0 heterocycles.